The maximum Gasteiger partial charge on any atom is 0.434 e. The van der Waals surface area contributed by atoms with Gasteiger partial charge in [-0.15, -0.1) is 35.3 Å². The molecule has 26 heavy (non-hydrogen) atoms. The molecule has 0 bridgehead atoms. The molecule has 0 spiro atoms. The smallest absolute Gasteiger partial charge is 0.350 e. The van der Waals surface area contributed by atoms with Gasteiger partial charge in [0.15, 0.2) is 11.7 Å². The van der Waals surface area contributed by atoms with Crippen LogP contribution in [0.3, 0.4) is 0 Å². The van der Waals surface area contributed by atoms with Crippen LogP contribution < -0.4 is 16.0 Å². The Morgan fingerprint density at radius 1 is 1.35 bits per heavy atom. The van der Waals surface area contributed by atoms with Gasteiger partial charge in [0, 0.05) is 18.6 Å². The van der Waals surface area contributed by atoms with Crippen LogP contribution in [0.4, 0.5) is 18.9 Å². The van der Waals surface area contributed by atoms with Crippen LogP contribution in [0.25, 0.3) is 0 Å². The summed E-state index contributed by atoms with van der Waals surface area (Å²) < 4.78 is 37.5. The van der Waals surface area contributed by atoms with Crippen molar-refractivity contribution < 1.29 is 18.0 Å². The summed E-state index contributed by atoms with van der Waals surface area (Å²) in [6, 6.07) is 3.38. The number of carbonyl (C=O) groups excluding carboxylic acids is 1. The van der Waals surface area contributed by atoms with Crippen molar-refractivity contribution in [1.82, 2.24) is 20.6 Å². The number of hydrogen-bond donors (Lipinski definition) is 3. The van der Waals surface area contributed by atoms with E-state index in [1.807, 2.05) is 0 Å². The van der Waals surface area contributed by atoms with Crippen molar-refractivity contribution in [3.05, 3.63) is 40.6 Å². The van der Waals surface area contributed by atoms with E-state index in [0.717, 1.165) is 16.7 Å². The highest BCUT2D eigenvalue weighted by atomic mass is 127. The monoisotopic (exact) mass is 500 g/mol. The average molecular weight is 500 g/mol. The third kappa shape index (κ3) is 7.11. The highest BCUT2D eigenvalue weighted by Gasteiger charge is 2.33. The van der Waals surface area contributed by atoms with Gasteiger partial charge < -0.3 is 16.0 Å². The Bertz CT molecular complexity index is 738. The molecule has 3 N–H and O–H groups in total. The summed E-state index contributed by atoms with van der Waals surface area (Å²) in [6.45, 7) is -0.00905. The van der Waals surface area contributed by atoms with Crippen LogP contribution in [0.5, 0.6) is 0 Å². The number of anilines is 1. The lowest BCUT2D eigenvalue weighted by atomic mass is 10.4. The number of nitrogens with zero attached hydrogens (tertiary/aromatic N) is 3. The highest BCUT2D eigenvalue weighted by molar-refractivity contribution is 14.0. The van der Waals surface area contributed by atoms with Gasteiger partial charge in [-0.05, 0) is 12.1 Å². The zero-order valence-corrected chi connectivity index (χ0v) is 16.6. The fraction of sp³-hybridized carbons (Fsp3) is 0.286. The molecule has 2 heterocycles. The summed E-state index contributed by atoms with van der Waals surface area (Å²) in [5, 5.41) is 9.40. The van der Waals surface area contributed by atoms with Gasteiger partial charge in [0.25, 0.3) is 0 Å². The van der Waals surface area contributed by atoms with Crippen molar-refractivity contribution in [2.75, 3.05) is 18.9 Å². The summed E-state index contributed by atoms with van der Waals surface area (Å²) in [6.07, 6.45) is -1.37. The second-order valence-electron chi connectivity index (χ2n) is 4.69. The number of nitrogens with one attached hydrogen (secondary N) is 3. The van der Waals surface area contributed by atoms with Crippen LogP contribution in [-0.2, 0) is 17.5 Å². The normalized spacial score (nSPS) is 11.5. The van der Waals surface area contributed by atoms with Crippen LogP contribution in [0.15, 0.2) is 34.9 Å². The van der Waals surface area contributed by atoms with Crippen molar-refractivity contribution >= 4 is 52.9 Å². The van der Waals surface area contributed by atoms with Gasteiger partial charge in [-0.25, -0.2) is 4.98 Å². The average Bonchev–Trinajstić information content (AvgIpc) is 3.05. The molecule has 2 rings (SSSR count). The van der Waals surface area contributed by atoms with Gasteiger partial charge in [-0.3, -0.25) is 14.8 Å². The number of aromatic nitrogens is 2. The number of guanidine groups is 1. The van der Waals surface area contributed by atoms with E-state index in [1.54, 1.807) is 18.3 Å². The van der Waals surface area contributed by atoms with E-state index in [1.165, 1.54) is 13.2 Å². The quantitative estimate of drug-likeness (QED) is 0.334. The van der Waals surface area contributed by atoms with Gasteiger partial charge in [0.05, 0.1) is 25.0 Å². The lowest BCUT2D eigenvalue weighted by Gasteiger charge is -2.11. The molecule has 0 saturated heterocycles. The molecule has 0 radical (unpaired) electrons. The minimum Gasteiger partial charge on any atom is -0.350 e. The van der Waals surface area contributed by atoms with E-state index < -0.39 is 11.9 Å². The lowest BCUT2D eigenvalue weighted by Crippen LogP contribution is -2.41. The minimum atomic E-state index is -4.46. The van der Waals surface area contributed by atoms with Crippen molar-refractivity contribution in [3.8, 4) is 0 Å². The predicted molar refractivity (Wildman–Crippen MR) is 104 cm³/mol. The molecule has 1 amide bonds. The van der Waals surface area contributed by atoms with Crippen LogP contribution in [0, 0.1) is 0 Å². The molecule has 0 aliphatic heterocycles. The number of aliphatic imine (C=N–C) groups is 1. The Hall–Kier alpha value is -1.96. The fourth-order valence-corrected chi connectivity index (χ4v) is 2.45. The van der Waals surface area contributed by atoms with Gasteiger partial charge in [0.2, 0.25) is 5.91 Å². The summed E-state index contributed by atoms with van der Waals surface area (Å²) in [4.78, 5) is 23.1. The van der Waals surface area contributed by atoms with Crippen LogP contribution in [-0.4, -0.2) is 35.4 Å². The number of hydrogen-bond acceptors (Lipinski definition) is 5. The molecule has 0 aromatic carbocycles. The van der Waals surface area contributed by atoms with Gasteiger partial charge in [-0.2, -0.15) is 13.2 Å². The molecule has 0 aliphatic carbocycles. The molecule has 2 aromatic rings. The molecule has 2 aromatic heterocycles. The highest BCUT2D eigenvalue weighted by Crippen LogP contribution is 2.29. The molecule has 0 unspecified atom stereocenters. The van der Waals surface area contributed by atoms with Crippen molar-refractivity contribution in [1.29, 1.82) is 0 Å². The van der Waals surface area contributed by atoms with Crippen molar-refractivity contribution in [2.24, 2.45) is 4.99 Å². The van der Waals surface area contributed by atoms with E-state index >= 15 is 0 Å². The predicted octanol–water partition coefficient (Wildman–Crippen LogP) is 2.48. The number of alkyl halides is 3. The van der Waals surface area contributed by atoms with E-state index in [2.05, 4.69) is 30.9 Å². The Morgan fingerprint density at radius 2 is 2.12 bits per heavy atom. The summed E-state index contributed by atoms with van der Waals surface area (Å²) >= 11 is 0.892. The summed E-state index contributed by atoms with van der Waals surface area (Å²) in [7, 11) is 1.48. The molecule has 0 aliphatic rings. The zero-order chi connectivity index (χ0) is 18.3. The van der Waals surface area contributed by atoms with E-state index in [-0.39, 0.29) is 53.9 Å². The second kappa shape index (κ2) is 10.3. The van der Waals surface area contributed by atoms with Crippen LogP contribution in [0.2, 0.25) is 0 Å². The molecule has 7 nitrogen and oxygen atoms in total. The van der Waals surface area contributed by atoms with Gasteiger partial charge in [0.1, 0.15) is 5.01 Å². The molecular weight excluding hydrogens is 484 g/mol. The number of thiazole rings is 1. The lowest BCUT2D eigenvalue weighted by molar-refractivity contribution is -0.140. The Kier molecular flexibility index (Phi) is 8.71. The number of carbonyl (C=O) groups is 1. The maximum atomic E-state index is 12.5. The standard InChI is InChI=1S/C14H15F3N6OS.HI/c1-18-13(20-6-11(24)22-9-3-2-4-19-5-9)21-7-12-23-10(8-25-12)14(15,16)17;/h2-5,8H,6-7H2,1H3,(H,22,24)(H2,18,20,21);1H. The zero-order valence-electron chi connectivity index (χ0n) is 13.5. The van der Waals surface area contributed by atoms with E-state index in [0.29, 0.717) is 5.69 Å². The third-order valence-corrected chi connectivity index (χ3v) is 3.68. The fourth-order valence-electron chi connectivity index (χ4n) is 1.71. The third-order valence-electron chi connectivity index (χ3n) is 2.83. The number of halogens is 4. The second-order valence-corrected chi connectivity index (χ2v) is 5.64. The van der Waals surface area contributed by atoms with Crippen LogP contribution in [0.1, 0.15) is 10.7 Å². The summed E-state index contributed by atoms with van der Waals surface area (Å²) in [5.41, 5.74) is -0.368. The molecule has 12 heteroatoms. The molecule has 0 atom stereocenters. The first kappa shape index (κ1) is 22.1. The number of pyridine rings is 1. The van der Waals surface area contributed by atoms with E-state index in [9.17, 15) is 18.0 Å². The first-order valence-corrected chi connectivity index (χ1v) is 7.92. The SMILES string of the molecule is CN=C(NCC(=O)Nc1cccnc1)NCc1nc(C(F)(F)F)cs1.I. The Morgan fingerprint density at radius 3 is 2.69 bits per heavy atom. The largest absolute Gasteiger partial charge is 0.434 e. The Labute approximate surface area is 168 Å². The Balaban J connectivity index is 0.00000338. The first-order chi connectivity index (χ1) is 11.9. The topological polar surface area (TPSA) is 91.3 Å². The van der Waals surface area contributed by atoms with Crippen molar-refractivity contribution in [3.63, 3.8) is 0 Å². The van der Waals surface area contributed by atoms with Crippen LogP contribution >= 0.6 is 35.3 Å². The van der Waals surface area contributed by atoms with E-state index in [4.69, 9.17) is 0 Å². The number of rotatable bonds is 5. The molecule has 0 saturated carbocycles. The molecular formula is C14H16F3IN6OS. The number of amides is 1. The van der Waals surface area contributed by atoms with Crippen molar-refractivity contribution in [2.45, 2.75) is 12.7 Å². The first-order valence-electron chi connectivity index (χ1n) is 7.04. The van der Waals surface area contributed by atoms with Gasteiger partial charge in [-0.1, -0.05) is 0 Å². The molecule has 142 valence electrons. The van der Waals surface area contributed by atoms with Gasteiger partial charge >= 0.3 is 6.18 Å². The minimum absolute atomic E-state index is 0. The summed E-state index contributed by atoms with van der Waals surface area (Å²) in [5.74, 6) is -0.0466. The maximum absolute atomic E-state index is 12.5. The molecule has 0 fully saturated rings.